The molecule has 1 rings (SSSR count). The quantitative estimate of drug-likeness (QED) is 0.722. The summed E-state index contributed by atoms with van der Waals surface area (Å²) in [5.74, 6) is 0.736. The summed E-state index contributed by atoms with van der Waals surface area (Å²) in [6, 6.07) is 0.387. The Hall–Kier alpha value is -0.0800. The molecule has 0 aliphatic carbocycles. The van der Waals surface area contributed by atoms with Crippen LogP contribution in [-0.4, -0.2) is 30.6 Å². The van der Waals surface area contributed by atoms with Gasteiger partial charge in [-0.2, -0.15) is 0 Å². The molecule has 0 unspecified atom stereocenters. The molecule has 1 aliphatic heterocycles. The minimum atomic E-state index is 0.387. The summed E-state index contributed by atoms with van der Waals surface area (Å²) in [5.41, 5.74) is 6.06. The molecule has 0 aromatic rings. The second kappa shape index (κ2) is 5.61. The average molecular weight is 184 g/mol. The fourth-order valence-corrected chi connectivity index (χ4v) is 2.15. The number of likely N-dealkylation sites (tertiary alicyclic amines) is 1. The van der Waals surface area contributed by atoms with Crippen molar-refractivity contribution in [3.05, 3.63) is 0 Å². The highest BCUT2D eigenvalue weighted by atomic mass is 15.1. The van der Waals surface area contributed by atoms with Gasteiger partial charge in [0.05, 0.1) is 0 Å². The van der Waals surface area contributed by atoms with Crippen LogP contribution < -0.4 is 5.73 Å². The lowest BCUT2D eigenvalue weighted by molar-refractivity contribution is 0.209. The summed E-state index contributed by atoms with van der Waals surface area (Å²) in [6.45, 7) is 8.14. The fraction of sp³-hybridized carbons (Fsp3) is 1.00. The van der Waals surface area contributed by atoms with Gasteiger partial charge in [-0.25, -0.2) is 0 Å². The first-order valence-electron chi connectivity index (χ1n) is 5.66. The van der Waals surface area contributed by atoms with Gasteiger partial charge < -0.3 is 10.6 Å². The van der Waals surface area contributed by atoms with Crippen LogP contribution in [0.1, 0.15) is 39.5 Å². The van der Waals surface area contributed by atoms with Crippen molar-refractivity contribution in [3.63, 3.8) is 0 Å². The number of rotatable bonds is 4. The minimum absolute atomic E-state index is 0.387. The van der Waals surface area contributed by atoms with E-state index in [0.29, 0.717) is 6.04 Å². The van der Waals surface area contributed by atoms with Crippen molar-refractivity contribution in [1.82, 2.24) is 4.90 Å². The largest absolute Gasteiger partial charge is 0.327 e. The van der Waals surface area contributed by atoms with Gasteiger partial charge in [-0.1, -0.05) is 20.3 Å². The topological polar surface area (TPSA) is 29.3 Å². The van der Waals surface area contributed by atoms with E-state index in [1.165, 1.54) is 32.4 Å². The van der Waals surface area contributed by atoms with E-state index in [0.717, 1.165) is 18.9 Å². The van der Waals surface area contributed by atoms with Gasteiger partial charge in [0, 0.05) is 12.6 Å². The molecular weight excluding hydrogens is 160 g/mol. The second-order valence-electron chi connectivity index (χ2n) is 4.75. The Morgan fingerprint density at radius 2 is 1.77 bits per heavy atom. The lowest BCUT2D eigenvalue weighted by Gasteiger charge is -2.29. The number of nitrogens with two attached hydrogens (primary N) is 1. The number of hydrogen-bond acceptors (Lipinski definition) is 2. The van der Waals surface area contributed by atoms with Crippen LogP contribution in [-0.2, 0) is 0 Å². The maximum atomic E-state index is 6.06. The Kier molecular flexibility index (Phi) is 4.74. The molecular formula is C11H24N2. The number of piperidine rings is 1. The first-order valence-corrected chi connectivity index (χ1v) is 5.66. The maximum Gasteiger partial charge on any atom is 0.0170 e. The van der Waals surface area contributed by atoms with E-state index in [1.807, 2.05) is 0 Å². The van der Waals surface area contributed by atoms with E-state index in [9.17, 15) is 0 Å². The molecule has 78 valence electrons. The van der Waals surface area contributed by atoms with Crippen molar-refractivity contribution in [2.45, 2.75) is 45.6 Å². The second-order valence-corrected chi connectivity index (χ2v) is 4.75. The van der Waals surface area contributed by atoms with Gasteiger partial charge in [-0.05, 0) is 38.3 Å². The predicted octanol–water partition coefficient (Wildman–Crippen LogP) is 1.85. The zero-order chi connectivity index (χ0) is 9.68. The van der Waals surface area contributed by atoms with Crippen molar-refractivity contribution in [2.24, 2.45) is 11.7 Å². The zero-order valence-electron chi connectivity index (χ0n) is 9.13. The van der Waals surface area contributed by atoms with E-state index in [-0.39, 0.29) is 0 Å². The molecule has 13 heavy (non-hydrogen) atoms. The Morgan fingerprint density at radius 1 is 1.15 bits per heavy atom. The molecule has 0 aromatic heterocycles. The van der Waals surface area contributed by atoms with Gasteiger partial charge in [0.25, 0.3) is 0 Å². The van der Waals surface area contributed by atoms with Gasteiger partial charge >= 0.3 is 0 Å². The molecule has 0 aromatic carbocycles. The highest BCUT2D eigenvalue weighted by Crippen LogP contribution is 2.10. The van der Waals surface area contributed by atoms with E-state index >= 15 is 0 Å². The number of hydrogen-bond donors (Lipinski definition) is 1. The molecule has 1 aliphatic rings. The Morgan fingerprint density at radius 3 is 2.31 bits per heavy atom. The molecule has 2 N–H and O–H groups in total. The predicted molar refractivity (Wildman–Crippen MR) is 57.7 cm³/mol. The average Bonchev–Trinajstić information content (AvgIpc) is 2.04. The molecule has 0 radical (unpaired) electrons. The first-order chi connectivity index (χ1) is 6.18. The molecule has 2 nitrogen and oxygen atoms in total. The smallest absolute Gasteiger partial charge is 0.0170 e. The first kappa shape index (κ1) is 11.0. The minimum Gasteiger partial charge on any atom is -0.327 e. The summed E-state index contributed by atoms with van der Waals surface area (Å²) in [6.07, 6.45) is 5.31. The van der Waals surface area contributed by atoms with Gasteiger partial charge in [-0.15, -0.1) is 0 Å². The van der Waals surface area contributed by atoms with Crippen LogP contribution in [0.5, 0.6) is 0 Å². The standard InChI is InChI=1S/C11H24N2/c1-10(2)8-11(12)9-13-6-4-3-5-7-13/h10-11H,3-9,12H2,1-2H3/t11-/m1/s1. The van der Waals surface area contributed by atoms with E-state index in [1.54, 1.807) is 0 Å². The third-order valence-electron chi connectivity index (χ3n) is 2.72. The Balaban J connectivity index is 2.14. The van der Waals surface area contributed by atoms with Crippen molar-refractivity contribution in [3.8, 4) is 0 Å². The van der Waals surface area contributed by atoms with Crippen LogP contribution in [0.3, 0.4) is 0 Å². The van der Waals surface area contributed by atoms with Crippen LogP contribution in [0.25, 0.3) is 0 Å². The SMILES string of the molecule is CC(C)C[C@@H](N)CN1CCCCC1. The van der Waals surface area contributed by atoms with E-state index in [2.05, 4.69) is 18.7 Å². The summed E-state index contributed by atoms with van der Waals surface area (Å²) >= 11 is 0. The lowest BCUT2D eigenvalue weighted by atomic mass is 10.0. The van der Waals surface area contributed by atoms with Crippen LogP contribution in [0.4, 0.5) is 0 Å². The highest BCUT2D eigenvalue weighted by molar-refractivity contribution is 4.72. The molecule has 0 spiro atoms. The molecule has 1 atom stereocenters. The summed E-state index contributed by atoms with van der Waals surface area (Å²) in [5, 5.41) is 0. The molecule has 0 saturated carbocycles. The summed E-state index contributed by atoms with van der Waals surface area (Å²) < 4.78 is 0. The molecule has 2 heteroatoms. The molecule has 1 fully saturated rings. The third-order valence-corrected chi connectivity index (χ3v) is 2.72. The molecule has 1 heterocycles. The highest BCUT2D eigenvalue weighted by Gasteiger charge is 2.14. The summed E-state index contributed by atoms with van der Waals surface area (Å²) in [4.78, 5) is 2.52. The van der Waals surface area contributed by atoms with Crippen molar-refractivity contribution in [2.75, 3.05) is 19.6 Å². The molecule has 0 bridgehead atoms. The Bertz CT molecular complexity index is 128. The lowest BCUT2D eigenvalue weighted by Crippen LogP contribution is -2.40. The molecule has 0 amide bonds. The van der Waals surface area contributed by atoms with Crippen molar-refractivity contribution < 1.29 is 0 Å². The number of nitrogens with zero attached hydrogens (tertiary/aromatic N) is 1. The van der Waals surface area contributed by atoms with Crippen LogP contribution in [0.15, 0.2) is 0 Å². The van der Waals surface area contributed by atoms with E-state index in [4.69, 9.17) is 5.73 Å². The van der Waals surface area contributed by atoms with E-state index < -0.39 is 0 Å². The zero-order valence-corrected chi connectivity index (χ0v) is 9.13. The summed E-state index contributed by atoms with van der Waals surface area (Å²) in [7, 11) is 0. The van der Waals surface area contributed by atoms with Crippen molar-refractivity contribution in [1.29, 1.82) is 0 Å². The maximum absolute atomic E-state index is 6.06. The van der Waals surface area contributed by atoms with Crippen LogP contribution in [0.2, 0.25) is 0 Å². The third kappa shape index (κ3) is 4.63. The molecule has 1 saturated heterocycles. The van der Waals surface area contributed by atoms with Gasteiger partial charge in [-0.3, -0.25) is 0 Å². The van der Waals surface area contributed by atoms with Gasteiger partial charge in [0.1, 0.15) is 0 Å². The fourth-order valence-electron chi connectivity index (χ4n) is 2.15. The Labute approximate surface area is 82.5 Å². The van der Waals surface area contributed by atoms with Crippen LogP contribution >= 0.6 is 0 Å². The monoisotopic (exact) mass is 184 g/mol. The van der Waals surface area contributed by atoms with Gasteiger partial charge in [0.15, 0.2) is 0 Å². The van der Waals surface area contributed by atoms with Gasteiger partial charge in [0.2, 0.25) is 0 Å². The van der Waals surface area contributed by atoms with Crippen molar-refractivity contribution >= 4 is 0 Å². The normalized spacial score (nSPS) is 22.2. The van der Waals surface area contributed by atoms with Crippen LogP contribution in [0, 0.1) is 5.92 Å².